The van der Waals surface area contributed by atoms with Crippen molar-refractivity contribution in [1.29, 1.82) is 0 Å². The molecule has 3 aromatic rings. The third-order valence-corrected chi connectivity index (χ3v) is 6.95. The fourth-order valence-electron chi connectivity index (χ4n) is 4.97. The minimum atomic E-state index is -0.523. The van der Waals surface area contributed by atoms with Crippen molar-refractivity contribution >= 4 is 17.5 Å². The number of benzene rings is 1. The molecule has 0 bridgehead atoms. The fourth-order valence-corrected chi connectivity index (χ4v) is 4.97. The molecule has 2 N–H and O–H groups in total. The van der Waals surface area contributed by atoms with Crippen molar-refractivity contribution in [2.75, 3.05) is 38.1 Å². The summed E-state index contributed by atoms with van der Waals surface area (Å²) in [5, 5.41) is 12.7. The second-order valence-electron chi connectivity index (χ2n) is 10.0. The van der Waals surface area contributed by atoms with E-state index < -0.39 is 5.82 Å². The summed E-state index contributed by atoms with van der Waals surface area (Å²) in [5.74, 6) is 0.599. The van der Waals surface area contributed by atoms with Gasteiger partial charge in [-0.3, -0.25) is 9.69 Å². The van der Waals surface area contributed by atoms with Gasteiger partial charge in [-0.1, -0.05) is 0 Å². The van der Waals surface area contributed by atoms with Crippen LogP contribution in [0.25, 0.3) is 5.82 Å². The van der Waals surface area contributed by atoms with Crippen molar-refractivity contribution in [3.63, 3.8) is 0 Å². The molecule has 2 aliphatic rings. The number of halogens is 1. The van der Waals surface area contributed by atoms with Gasteiger partial charge >= 0.3 is 0 Å². The first kappa shape index (κ1) is 25.2. The Kier molecular flexibility index (Phi) is 7.12. The summed E-state index contributed by atoms with van der Waals surface area (Å²) in [6, 6.07) is 3.79. The first-order valence-corrected chi connectivity index (χ1v) is 12.7. The smallest absolute Gasteiger partial charge is 0.260 e. The topological polar surface area (TPSA) is 95.8 Å². The van der Waals surface area contributed by atoms with Gasteiger partial charge in [0.1, 0.15) is 5.75 Å². The molecule has 0 atom stereocenters. The Hall–Kier alpha value is -3.50. The zero-order valence-corrected chi connectivity index (χ0v) is 21.5. The van der Waals surface area contributed by atoms with E-state index in [9.17, 15) is 14.3 Å². The van der Waals surface area contributed by atoms with E-state index >= 15 is 0 Å². The molecule has 0 radical (unpaired) electrons. The number of carbonyl (C=O) groups is 1. The van der Waals surface area contributed by atoms with Crippen LogP contribution in [0, 0.1) is 26.6 Å². The number of nitrogens with one attached hydrogen (secondary N) is 1. The van der Waals surface area contributed by atoms with Crippen molar-refractivity contribution in [2.24, 2.45) is 0 Å². The number of amides is 1. The third kappa shape index (κ3) is 5.60. The highest BCUT2D eigenvalue weighted by molar-refractivity contribution is 5.78. The van der Waals surface area contributed by atoms with Crippen LogP contribution in [0.2, 0.25) is 0 Å². The number of hydrogen-bond donors (Lipinski definition) is 2. The molecular formula is C27H33FN6O3. The Balaban J connectivity index is 1.29. The van der Waals surface area contributed by atoms with E-state index in [0.717, 1.165) is 60.1 Å². The minimum absolute atomic E-state index is 0.0108. The summed E-state index contributed by atoms with van der Waals surface area (Å²) in [7, 11) is 0. The minimum Gasteiger partial charge on any atom is -0.483 e. The summed E-state index contributed by atoms with van der Waals surface area (Å²) in [6.07, 6.45) is 6.72. The molecule has 1 aromatic carbocycles. The Bertz CT molecular complexity index is 1270. The van der Waals surface area contributed by atoms with Gasteiger partial charge in [0.25, 0.3) is 5.91 Å². The lowest BCUT2D eigenvalue weighted by Gasteiger charge is -2.35. The molecule has 0 aliphatic carbocycles. The summed E-state index contributed by atoms with van der Waals surface area (Å²) in [4.78, 5) is 24.9. The zero-order chi connectivity index (χ0) is 26.1. The molecule has 2 aromatic heterocycles. The van der Waals surface area contributed by atoms with Crippen LogP contribution in [0.4, 0.5) is 16.0 Å². The van der Waals surface area contributed by atoms with Crippen LogP contribution in [0.5, 0.6) is 5.75 Å². The van der Waals surface area contributed by atoms with Crippen molar-refractivity contribution < 1.29 is 19.0 Å². The number of β-amino-alcohol motifs (C(OH)–C–C–N with tert-alkyl or cyclic N) is 1. The van der Waals surface area contributed by atoms with Crippen LogP contribution in [0.15, 0.2) is 30.7 Å². The summed E-state index contributed by atoms with van der Waals surface area (Å²) in [6.45, 7) is 9.45. The van der Waals surface area contributed by atoms with Crippen LogP contribution in [0.3, 0.4) is 0 Å². The van der Waals surface area contributed by atoms with Crippen LogP contribution in [-0.4, -0.2) is 74.2 Å². The average molecular weight is 509 g/mol. The summed E-state index contributed by atoms with van der Waals surface area (Å²) >= 11 is 0. The van der Waals surface area contributed by atoms with Crippen LogP contribution < -0.4 is 10.1 Å². The number of anilines is 2. The molecule has 0 unspecified atom stereocenters. The van der Waals surface area contributed by atoms with Gasteiger partial charge in [0.2, 0.25) is 5.95 Å². The highest BCUT2D eigenvalue weighted by Gasteiger charge is 2.25. The zero-order valence-electron chi connectivity index (χ0n) is 21.5. The molecule has 5 rings (SSSR count). The maximum absolute atomic E-state index is 14.7. The molecule has 196 valence electrons. The number of hydrogen-bond acceptors (Lipinski definition) is 7. The third-order valence-electron chi connectivity index (χ3n) is 6.95. The monoisotopic (exact) mass is 508 g/mol. The van der Waals surface area contributed by atoms with Crippen molar-refractivity contribution in [3.05, 3.63) is 58.8 Å². The number of aliphatic hydroxyl groups is 1. The van der Waals surface area contributed by atoms with E-state index in [1.807, 2.05) is 50.2 Å². The first-order valence-electron chi connectivity index (χ1n) is 12.7. The molecule has 9 nitrogen and oxygen atoms in total. The predicted octanol–water partition coefficient (Wildman–Crippen LogP) is 3.25. The van der Waals surface area contributed by atoms with Crippen LogP contribution in [-0.2, 0) is 11.3 Å². The van der Waals surface area contributed by atoms with Crippen LogP contribution >= 0.6 is 0 Å². The maximum atomic E-state index is 14.7. The summed E-state index contributed by atoms with van der Waals surface area (Å²) in [5.41, 5.74) is 4.58. The van der Waals surface area contributed by atoms with Crippen molar-refractivity contribution in [3.8, 4) is 11.6 Å². The molecule has 2 aliphatic heterocycles. The van der Waals surface area contributed by atoms with E-state index in [2.05, 4.69) is 20.2 Å². The van der Waals surface area contributed by atoms with Gasteiger partial charge in [-0.05, 0) is 68.0 Å². The standard InChI is InChI=1S/C27H33FN6O3/c1-17-8-21(9-18(2)25(17)37-16-24(36)33-6-4-5-7-33)30-27-29-10-23(28)26(31-27)34-11-19(3)20(13-34)12-32-14-22(35)15-32/h8-11,13,22,35H,4-7,12,14-16H2,1-3H3,(H,29,30,31). The Morgan fingerprint density at radius 3 is 2.51 bits per heavy atom. The van der Waals surface area contributed by atoms with E-state index in [4.69, 9.17) is 4.74 Å². The van der Waals surface area contributed by atoms with Crippen molar-refractivity contribution in [2.45, 2.75) is 46.3 Å². The van der Waals surface area contributed by atoms with Gasteiger partial charge in [0, 0.05) is 50.8 Å². The second-order valence-corrected chi connectivity index (χ2v) is 10.0. The highest BCUT2D eigenvalue weighted by Crippen LogP contribution is 2.29. The molecule has 2 saturated heterocycles. The number of carbonyl (C=O) groups excluding carboxylic acids is 1. The van der Waals surface area contributed by atoms with E-state index in [1.165, 1.54) is 0 Å². The Labute approximate surface area is 215 Å². The highest BCUT2D eigenvalue weighted by atomic mass is 19.1. The first-order chi connectivity index (χ1) is 17.8. The lowest BCUT2D eigenvalue weighted by atomic mass is 10.1. The lowest BCUT2D eigenvalue weighted by Crippen LogP contribution is -2.49. The Morgan fingerprint density at radius 1 is 1.14 bits per heavy atom. The van der Waals surface area contributed by atoms with Gasteiger partial charge < -0.3 is 24.6 Å². The molecule has 37 heavy (non-hydrogen) atoms. The molecule has 4 heterocycles. The molecule has 10 heteroatoms. The number of aliphatic hydroxyl groups excluding tert-OH is 1. The van der Waals surface area contributed by atoms with Gasteiger partial charge in [-0.2, -0.15) is 4.98 Å². The molecule has 0 saturated carbocycles. The second kappa shape index (κ2) is 10.5. The normalized spacial score (nSPS) is 16.2. The fraction of sp³-hybridized carbons (Fsp3) is 0.444. The molecule has 1 amide bonds. The number of aromatic nitrogens is 3. The maximum Gasteiger partial charge on any atom is 0.260 e. The summed E-state index contributed by atoms with van der Waals surface area (Å²) < 4.78 is 22.3. The van der Waals surface area contributed by atoms with Gasteiger partial charge in [0.05, 0.1) is 12.3 Å². The van der Waals surface area contributed by atoms with Crippen LogP contribution in [0.1, 0.15) is 35.1 Å². The molecule has 2 fully saturated rings. The van der Waals surface area contributed by atoms with Gasteiger partial charge in [-0.25, -0.2) is 9.37 Å². The van der Waals surface area contributed by atoms with Crippen molar-refractivity contribution in [1.82, 2.24) is 24.3 Å². The number of aryl methyl sites for hydroxylation is 3. The number of nitrogens with zero attached hydrogens (tertiary/aromatic N) is 5. The number of ether oxygens (including phenoxy) is 1. The SMILES string of the molecule is Cc1cn(-c2nc(Nc3cc(C)c(OCC(=O)N4CCCC4)c(C)c3)ncc2F)cc1CN1CC(O)C1. The number of likely N-dealkylation sites (tertiary alicyclic amines) is 2. The quantitative estimate of drug-likeness (QED) is 0.482. The predicted molar refractivity (Wildman–Crippen MR) is 138 cm³/mol. The average Bonchev–Trinajstić information content (AvgIpc) is 3.49. The number of rotatable bonds is 8. The largest absolute Gasteiger partial charge is 0.483 e. The van der Waals surface area contributed by atoms with Gasteiger partial charge in [0.15, 0.2) is 18.2 Å². The van der Waals surface area contributed by atoms with E-state index in [0.29, 0.717) is 25.4 Å². The Morgan fingerprint density at radius 2 is 1.84 bits per heavy atom. The van der Waals surface area contributed by atoms with Gasteiger partial charge in [-0.15, -0.1) is 0 Å². The van der Waals surface area contributed by atoms with E-state index in [1.54, 1.807) is 4.57 Å². The lowest BCUT2D eigenvalue weighted by molar-refractivity contribution is -0.132. The molecular weight excluding hydrogens is 475 g/mol. The molecule has 0 spiro atoms. The van der Waals surface area contributed by atoms with E-state index in [-0.39, 0.29) is 30.4 Å².